The molecule has 0 radical (unpaired) electrons. The molecule has 0 aliphatic carbocycles. The third-order valence-corrected chi connectivity index (χ3v) is 6.29. The van der Waals surface area contributed by atoms with Crippen LogP contribution in [0.15, 0.2) is 0 Å². The summed E-state index contributed by atoms with van der Waals surface area (Å²) in [5.41, 5.74) is -0.312. The Labute approximate surface area is 97.7 Å². The average Bonchev–Trinajstić information content (AvgIpc) is 2.67. The van der Waals surface area contributed by atoms with Gasteiger partial charge in [-0.3, -0.25) is 0 Å². The molecule has 2 saturated heterocycles. The monoisotopic (exact) mass is 247 g/mol. The van der Waals surface area contributed by atoms with Crippen molar-refractivity contribution < 1.29 is 13.2 Å². The lowest BCUT2D eigenvalue weighted by molar-refractivity contribution is 0.113. The van der Waals surface area contributed by atoms with Crippen LogP contribution in [0.4, 0.5) is 0 Å². The highest BCUT2D eigenvalue weighted by atomic mass is 32.2. The molecule has 2 aliphatic rings. The zero-order chi connectivity index (χ0) is 11.6. The molecule has 4 nitrogen and oxygen atoms in total. The molecule has 1 N–H and O–H groups in total. The van der Waals surface area contributed by atoms with Gasteiger partial charge >= 0.3 is 0 Å². The van der Waals surface area contributed by atoms with Crippen molar-refractivity contribution in [1.29, 1.82) is 0 Å². The van der Waals surface area contributed by atoms with Crippen LogP contribution in [-0.2, 0) is 14.6 Å². The SMILES string of the molecule is COCC1(C2CCCCS2(=O)=O)CCCN1. The molecule has 2 rings (SSSR count). The molecule has 0 saturated carbocycles. The number of nitrogens with one attached hydrogen (secondary N) is 1. The van der Waals surface area contributed by atoms with Crippen molar-refractivity contribution in [3.63, 3.8) is 0 Å². The van der Waals surface area contributed by atoms with Crippen molar-refractivity contribution in [2.24, 2.45) is 0 Å². The second-order valence-corrected chi connectivity index (χ2v) is 7.27. The van der Waals surface area contributed by atoms with E-state index in [1.165, 1.54) is 0 Å². The summed E-state index contributed by atoms with van der Waals surface area (Å²) in [6, 6.07) is 0. The van der Waals surface area contributed by atoms with Crippen molar-refractivity contribution in [3.8, 4) is 0 Å². The van der Waals surface area contributed by atoms with E-state index in [1.54, 1.807) is 7.11 Å². The van der Waals surface area contributed by atoms with Crippen molar-refractivity contribution in [1.82, 2.24) is 5.32 Å². The van der Waals surface area contributed by atoms with E-state index in [9.17, 15) is 8.42 Å². The van der Waals surface area contributed by atoms with E-state index >= 15 is 0 Å². The quantitative estimate of drug-likeness (QED) is 0.798. The standard InChI is InChI=1S/C11H21NO3S/c1-15-9-11(6-4-7-12-11)10-5-2-3-8-16(10,13)14/h10,12H,2-9H2,1H3. The van der Waals surface area contributed by atoms with E-state index in [0.29, 0.717) is 12.4 Å². The summed E-state index contributed by atoms with van der Waals surface area (Å²) in [5, 5.41) is 3.15. The summed E-state index contributed by atoms with van der Waals surface area (Å²) < 4.78 is 29.6. The van der Waals surface area contributed by atoms with Gasteiger partial charge in [0.25, 0.3) is 0 Å². The number of hydrogen-bond donors (Lipinski definition) is 1. The van der Waals surface area contributed by atoms with Crippen LogP contribution in [-0.4, -0.2) is 45.2 Å². The van der Waals surface area contributed by atoms with E-state index in [4.69, 9.17) is 4.74 Å². The molecule has 0 aromatic rings. The zero-order valence-corrected chi connectivity index (χ0v) is 10.7. The Morgan fingerprint density at radius 3 is 2.75 bits per heavy atom. The Morgan fingerprint density at radius 2 is 2.19 bits per heavy atom. The van der Waals surface area contributed by atoms with Gasteiger partial charge in [0.1, 0.15) is 0 Å². The molecule has 0 bridgehead atoms. The lowest BCUT2D eigenvalue weighted by Gasteiger charge is -2.38. The molecular formula is C11H21NO3S. The molecular weight excluding hydrogens is 226 g/mol. The fraction of sp³-hybridized carbons (Fsp3) is 1.00. The Kier molecular flexibility index (Phi) is 3.56. The fourth-order valence-electron chi connectivity index (χ4n) is 3.15. The minimum atomic E-state index is -2.93. The number of methoxy groups -OCH3 is 1. The van der Waals surface area contributed by atoms with Gasteiger partial charge in [0.15, 0.2) is 9.84 Å². The smallest absolute Gasteiger partial charge is 0.155 e. The Balaban J connectivity index is 2.25. The van der Waals surface area contributed by atoms with E-state index in [1.807, 2.05) is 0 Å². The highest BCUT2D eigenvalue weighted by molar-refractivity contribution is 7.92. The van der Waals surface area contributed by atoms with Crippen LogP contribution in [0.5, 0.6) is 0 Å². The van der Waals surface area contributed by atoms with Crippen LogP contribution in [0.1, 0.15) is 32.1 Å². The molecule has 2 unspecified atom stereocenters. The molecule has 0 aromatic heterocycles. The van der Waals surface area contributed by atoms with Crippen molar-refractivity contribution in [2.75, 3.05) is 26.0 Å². The first-order chi connectivity index (χ1) is 7.61. The molecule has 0 aromatic carbocycles. The minimum absolute atomic E-state index is 0.240. The highest BCUT2D eigenvalue weighted by Gasteiger charge is 2.48. The maximum atomic E-state index is 12.2. The maximum Gasteiger partial charge on any atom is 0.155 e. The van der Waals surface area contributed by atoms with Gasteiger partial charge in [-0.05, 0) is 32.2 Å². The summed E-state index contributed by atoms with van der Waals surface area (Å²) in [5.74, 6) is 0.352. The lowest BCUT2D eigenvalue weighted by atomic mass is 9.90. The van der Waals surface area contributed by atoms with E-state index in [0.717, 1.165) is 38.6 Å². The first-order valence-corrected chi connectivity index (χ1v) is 7.78. The molecule has 2 atom stereocenters. The van der Waals surface area contributed by atoms with Crippen LogP contribution >= 0.6 is 0 Å². The molecule has 0 spiro atoms. The average molecular weight is 247 g/mol. The Morgan fingerprint density at radius 1 is 1.38 bits per heavy atom. The van der Waals surface area contributed by atoms with Crippen molar-refractivity contribution >= 4 is 9.84 Å². The molecule has 94 valence electrons. The topological polar surface area (TPSA) is 55.4 Å². The third-order valence-electron chi connectivity index (χ3n) is 3.87. The van der Waals surface area contributed by atoms with Crippen LogP contribution in [0.2, 0.25) is 0 Å². The Hall–Kier alpha value is -0.130. The normalized spacial score (nSPS) is 38.7. The van der Waals surface area contributed by atoms with Gasteiger partial charge < -0.3 is 10.1 Å². The van der Waals surface area contributed by atoms with Gasteiger partial charge in [0.2, 0.25) is 0 Å². The summed E-state index contributed by atoms with van der Waals surface area (Å²) in [6.45, 7) is 1.42. The van der Waals surface area contributed by atoms with E-state index in [-0.39, 0.29) is 10.8 Å². The lowest BCUT2D eigenvalue weighted by Crippen LogP contribution is -2.58. The van der Waals surface area contributed by atoms with Crippen LogP contribution < -0.4 is 5.32 Å². The summed E-state index contributed by atoms with van der Waals surface area (Å²) in [4.78, 5) is 0. The number of hydrogen-bond acceptors (Lipinski definition) is 4. The summed E-state index contributed by atoms with van der Waals surface area (Å²) >= 11 is 0. The second kappa shape index (κ2) is 4.63. The molecule has 2 aliphatic heterocycles. The van der Waals surface area contributed by atoms with E-state index in [2.05, 4.69) is 5.32 Å². The molecule has 0 amide bonds. The van der Waals surface area contributed by atoms with Gasteiger partial charge in [-0.25, -0.2) is 8.42 Å². The minimum Gasteiger partial charge on any atom is -0.383 e. The molecule has 2 heterocycles. The van der Waals surface area contributed by atoms with Gasteiger partial charge in [-0.2, -0.15) is 0 Å². The third kappa shape index (κ3) is 2.13. The first-order valence-electron chi connectivity index (χ1n) is 6.06. The second-order valence-electron chi connectivity index (χ2n) is 4.97. The van der Waals surface area contributed by atoms with Crippen molar-refractivity contribution in [3.05, 3.63) is 0 Å². The molecule has 2 fully saturated rings. The predicted molar refractivity (Wildman–Crippen MR) is 63.3 cm³/mol. The first kappa shape index (κ1) is 12.3. The number of rotatable bonds is 3. The molecule has 16 heavy (non-hydrogen) atoms. The maximum absolute atomic E-state index is 12.2. The van der Waals surface area contributed by atoms with Gasteiger partial charge in [0, 0.05) is 7.11 Å². The largest absolute Gasteiger partial charge is 0.383 e. The van der Waals surface area contributed by atoms with Gasteiger partial charge in [-0.1, -0.05) is 6.42 Å². The summed E-state index contributed by atoms with van der Waals surface area (Å²) in [6.07, 6.45) is 4.61. The zero-order valence-electron chi connectivity index (χ0n) is 9.87. The number of ether oxygens (including phenoxy) is 1. The van der Waals surface area contributed by atoms with Gasteiger partial charge in [0.05, 0.1) is 23.1 Å². The van der Waals surface area contributed by atoms with Gasteiger partial charge in [-0.15, -0.1) is 0 Å². The summed E-state index contributed by atoms with van der Waals surface area (Å²) in [7, 11) is -1.28. The number of sulfone groups is 1. The predicted octanol–water partition coefficient (Wildman–Crippen LogP) is 0.722. The van der Waals surface area contributed by atoms with Crippen LogP contribution in [0.25, 0.3) is 0 Å². The molecule has 5 heteroatoms. The van der Waals surface area contributed by atoms with E-state index < -0.39 is 9.84 Å². The Bertz CT molecular complexity index is 333. The highest BCUT2D eigenvalue weighted by Crippen LogP contribution is 2.34. The van der Waals surface area contributed by atoms with Crippen molar-refractivity contribution in [2.45, 2.75) is 42.9 Å². The fourth-order valence-corrected chi connectivity index (χ4v) is 5.53. The van der Waals surface area contributed by atoms with Crippen LogP contribution in [0, 0.1) is 0 Å². The van der Waals surface area contributed by atoms with Crippen LogP contribution in [0.3, 0.4) is 0 Å².